The van der Waals surface area contributed by atoms with Crippen molar-refractivity contribution in [1.29, 1.82) is 0 Å². The average Bonchev–Trinajstić information content (AvgIpc) is 2.63. The van der Waals surface area contributed by atoms with Gasteiger partial charge in [-0.1, -0.05) is 17.7 Å². The zero-order valence-corrected chi connectivity index (χ0v) is 16.6. The van der Waals surface area contributed by atoms with Crippen LogP contribution in [0.1, 0.15) is 25.3 Å². The molecule has 1 aromatic rings. The van der Waals surface area contributed by atoms with E-state index in [9.17, 15) is 0 Å². The summed E-state index contributed by atoms with van der Waals surface area (Å²) in [4.78, 5) is 7.70. The van der Waals surface area contributed by atoms with Crippen LogP contribution in [0.3, 0.4) is 0 Å². The molecule has 1 atom stereocenters. The van der Waals surface area contributed by atoms with Crippen molar-refractivity contribution >= 4 is 11.6 Å². The van der Waals surface area contributed by atoms with Gasteiger partial charge in [-0.2, -0.15) is 0 Å². The van der Waals surface area contributed by atoms with Crippen molar-refractivity contribution in [2.24, 2.45) is 5.92 Å². The maximum Gasteiger partial charge on any atom is 0.137 e. The first-order valence-corrected chi connectivity index (χ1v) is 9.92. The molecule has 4 nitrogen and oxygen atoms in total. The van der Waals surface area contributed by atoms with E-state index in [0.717, 1.165) is 18.2 Å². The van der Waals surface area contributed by atoms with Crippen LogP contribution < -0.4 is 4.74 Å². The van der Waals surface area contributed by atoms with Gasteiger partial charge in [-0.3, -0.25) is 9.80 Å². The summed E-state index contributed by atoms with van der Waals surface area (Å²) in [5, 5.41) is 0.707. The van der Waals surface area contributed by atoms with Gasteiger partial charge in [-0.15, -0.1) is 0 Å². The minimum absolute atomic E-state index is 0.707. The Bertz CT molecular complexity index is 552. The molecule has 25 heavy (non-hydrogen) atoms. The molecular formula is C20H32ClN3O. The summed E-state index contributed by atoms with van der Waals surface area (Å²) in [5.41, 5.74) is 1.27. The number of halogens is 1. The highest BCUT2D eigenvalue weighted by Gasteiger charge is 2.29. The van der Waals surface area contributed by atoms with Crippen molar-refractivity contribution in [3.05, 3.63) is 28.8 Å². The molecule has 140 valence electrons. The van der Waals surface area contributed by atoms with E-state index in [1.807, 2.05) is 12.1 Å². The molecular weight excluding hydrogens is 334 g/mol. The van der Waals surface area contributed by atoms with Gasteiger partial charge in [0.25, 0.3) is 0 Å². The Morgan fingerprint density at radius 2 is 1.80 bits per heavy atom. The monoisotopic (exact) mass is 365 g/mol. The number of hydrogen-bond donors (Lipinski definition) is 0. The largest absolute Gasteiger partial charge is 0.495 e. The Balaban J connectivity index is 1.47. The van der Waals surface area contributed by atoms with Crippen LogP contribution in [-0.4, -0.2) is 74.2 Å². The van der Waals surface area contributed by atoms with Crippen LogP contribution in [0.2, 0.25) is 5.02 Å². The van der Waals surface area contributed by atoms with Crippen LogP contribution in [0.5, 0.6) is 5.75 Å². The second-order valence-electron chi connectivity index (χ2n) is 7.66. The summed E-state index contributed by atoms with van der Waals surface area (Å²) >= 11 is 6.26. The third-order valence-electron chi connectivity index (χ3n) is 6.05. The Morgan fingerprint density at radius 3 is 2.40 bits per heavy atom. The van der Waals surface area contributed by atoms with Gasteiger partial charge in [-0.05, 0) is 63.5 Å². The minimum Gasteiger partial charge on any atom is -0.495 e. The first-order valence-electron chi connectivity index (χ1n) is 9.54. The molecule has 2 heterocycles. The van der Waals surface area contributed by atoms with Gasteiger partial charge in [0.2, 0.25) is 0 Å². The highest BCUT2D eigenvalue weighted by Crippen LogP contribution is 2.28. The van der Waals surface area contributed by atoms with Gasteiger partial charge in [0.15, 0.2) is 0 Å². The van der Waals surface area contributed by atoms with Crippen LogP contribution in [0.25, 0.3) is 0 Å². The number of likely N-dealkylation sites (tertiary alicyclic amines) is 1. The fourth-order valence-corrected chi connectivity index (χ4v) is 4.47. The molecule has 5 heteroatoms. The van der Waals surface area contributed by atoms with Gasteiger partial charge in [0.05, 0.1) is 12.1 Å². The molecule has 0 unspecified atom stereocenters. The maximum atomic E-state index is 6.26. The van der Waals surface area contributed by atoms with Crippen molar-refractivity contribution in [1.82, 2.24) is 14.7 Å². The van der Waals surface area contributed by atoms with Gasteiger partial charge in [-0.25, -0.2) is 0 Å². The Labute approximate surface area is 157 Å². The summed E-state index contributed by atoms with van der Waals surface area (Å²) < 4.78 is 5.24. The molecule has 0 amide bonds. The average molecular weight is 366 g/mol. The quantitative estimate of drug-likeness (QED) is 0.797. The fourth-order valence-electron chi connectivity index (χ4n) is 4.19. The van der Waals surface area contributed by atoms with E-state index in [4.69, 9.17) is 16.3 Å². The molecule has 0 saturated carbocycles. The summed E-state index contributed by atoms with van der Waals surface area (Å²) in [6.45, 7) is 10.7. The summed E-state index contributed by atoms with van der Waals surface area (Å²) in [6.07, 6.45) is 2.61. The van der Waals surface area contributed by atoms with Crippen molar-refractivity contribution in [2.75, 3.05) is 53.4 Å². The lowest BCUT2D eigenvalue weighted by Crippen LogP contribution is -2.51. The van der Waals surface area contributed by atoms with Gasteiger partial charge < -0.3 is 9.64 Å². The van der Waals surface area contributed by atoms with Gasteiger partial charge in [0.1, 0.15) is 5.75 Å². The molecule has 2 aliphatic heterocycles. The molecule has 0 aliphatic carbocycles. The third-order valence-corrected chi connectivity index (χ3v) is 6.35. The third kappa shape index (κ3) is 4.88. The summed E-state index contributed by atoms with van der Waals surface area (Å²) in [7, 11) is 3.89. The molecule has 2 fully saturated rings. The maximum absolute atomic E-state index is 6.26. The number of benzene rings is 1. The minimum atomic E-state index is 0.707. The standard InChI is InChI=1S/C20H32ClN3O/c1-16(24-12-10-22(2)11-13-24)18-6-8-23(9-7-18)15-17-4-5-20(25-3)19(21)14-17/h4-5,14,16,18H,6-13,15H2,1-3H3/t16-/m0/s1. The van der Waals surface area contributed by atoms with Crippen LogP contribution in [0.4, 0.5) is 0 Å². The Morgan fingerprint density at radius 1 is 1.12 bits per heavy atom. The van der Waals surface area contributed by atoms with Crippen molar-refractivity contribution in [2.45, 2.75) is 32.4 Å². The SMILES string of the molecule is COc1ccc(CN2CCC([C@H](C)N3CCN(C)CC3)CC2)cc1Cl. The normalized spacial score (nSPS) is 22.9. The number of piperidine rings is 1. The highest BCUT2D eigenvalue weighted by atomic mass is 35.5. The number of methoxy groups -OCH3 is 1. The number of piperazine rings is 1. The summed E-state index contributed by atoms with van der Waals surface area (Å²) in [6, 6.07) is 6.86. The number of hydrogen-bond acceptors (Lipinski definition) is 4. The Hall–Kier alpha value is -0.810. The number of nitrogens with zero attached hydrogens (tertiary/aromatic N) is 3. The molecule has 0 aromatic heterocycles. The Kier molecular flexibility index (Phi) is 6.61. The lowest BCUT2D eigenvalue weighted by Gasteiger charge is -2.42. The van der Waals surface area contributed by atoms with Gasteiger partial charge in [0, 0.05) is 38.8 Å². The molecule has 1 aromatic carbocycles. The smallest absolute Gasteiger partial charge is 0.137 e. The van der Waals surface area contributed by atoms with E-state index in [1.165, 1.54) is 57.7 Å². The summed E-state index contributed by atoms with van der Waals surface area (Å²) in [5.74, 6) is 1.59. The van der Waals surface area contributed by atoms with E-state index >= 15 is 0 Å². The lowest BCUT2D eigenvalue weighted by molar-refractivity contribution is 0.0598. The zero-order chi connectivity index (χ0) is 17.8. The second-order valence-corrected chi connectivity index (χ2v) is 8.07. The number of ether oxygens (including phenoxy) is 1. The molecule has 2 aliphatic rings. The van der Waals surface area contributed by atoms with E-state index in [2.05, 4.69) is 34.7 Å². The first kappa shape index (κ1) is 19.0. The van der Waals surface area contributed by atoms with Crippen molar-refractivity contribution < 1.29 is 4.74 Å². The second kappa shape index (κ2) is 8.72. The van der Waals surface area contributed by atoms with E-state index < -0.39 is 0 Å². The van der Waals surface area contributed by atoms with E-state index in [-0.39, 0.29) is 0 Å². The van der Waals surface area contributed by atoms with Crippen LogP contribution in [0.15, 0.2) is 18.2 Å². The molecule has 0 radical (unpaired) electrons. The van der Waals surface area contributed by atoms with Crippen LogP contribution in [-0.2, 0) is 6.54 Å². The lowest BCUT2D eigenvalue weighted by atomic mass is 9.89. The van der Waals surface area contributed by atoms with Crippen molar-refractivity contribution in [3.8, 4) is 5.75 Å². The molecule has 3 rings (SSSR count). The van der Waals surface area contributed by atoms with E-state index in [0.29, 0.717) is 11.1 Å². The van der Waals surface area contributed by atoms with Crippen LogP contribution in [0, 0.1) is 5.92 Å². The predicted molar refractivity (Wildman–Crippen MR) is 105 cm³/mol. The highest BCUT2D eigenvalue weighted by molar-refractivity contribution is 6.32. The zero-order valence-electron chi connectivity index (χ0n) is 15.9. The molecule has 0 N–H and O–H groups in total. The fraction of sp³-hybridized carbons (Fsp3) is 0.700. The molecule has 0 bridgehead atoms. The number of rotatable bonds is 5. The first-order chi connectivity index (χ1) is 12.1. The predicted octanol–water partition coefficient (Wildman–Crippen LogP) is 3.20. The van der Waals surface area contributed by atoms with E-state index in [1.54, 1.807) is 7.11 Å². The molecule has 0 spiro atoms. The molecule has 2 saturated heterocycles. The number of likely N-dealkylation sites (N-methyl/N-ethyl adjacent to an activating group) is 1. The van der Waals surface area contributed by atoms with Crippen LogP contribution >= 0.6 is 11.6 Å². The topological polar surface area (TPSA) is 19.0 Å². The van der Waals surface area contributed by atoms with Crippen molar-refractivity contribution in [3.63, 3.8) is 0 Å². The van der Waals surface area contributed by atoms with Gasteiger partial charge >= 0.3 is 0 Å².